The predicted octanol–water partition coefficient (Wildman–Crippen LogP) is 2.04. The van der Waals surface area contributed by atoms with Gasteiger partial charge in [-0.25, -0.2) is 9.78 Å². The van der Waals surface area contributed by atoms with E-state index >= 15 is 0 Å². The molecule has 1 aliphatic carbocycles. The predicted molar refractivity (Wildman–Crippen MR) is 117 cm³/mol. The van der Waals surface area contributed by atoms with E-state index in [2.05, 4.69) is 32.3 Å². The number of aromatic nitrogens is 4. The van der Waals surface area contributed by atoms with Crippen LogP contribution >= 0.6 is 27.3 Å². The maximum atomic E-state index is 12.8. The third kappa shape index (κ3) is 3.30. The van der Waals surface area contributed by atoms with Gasteiger partial charge in [-0.3, -0.25) is 23.3 Å². The summed E-state index contributed by atoms with van der Waals surface area (Å²) >= 11 is 4.74. The first-order valence-corrected chi connectivity index (χ1v) is 11.1. The highest BCUT2D eigenvalue weighted by Crippen LogP contribution is 2.37. The quantitative estimate of drug-likeness (QED) is 0.445. The molecule has 0 unspecified atom stereocenters. The van der Waals surface area contributed by atoms with Crippen LogP contribution in [-0.2, 0) is 38.3 Å². The second-order valence-electron chi connectivity index (χ2n) is 7.27. The lowest BCUT2D eigenvalue weighted by Gasteiger charge is -2.10. The molecule has 0 spiro atoms. The van der Waals surface area contributed by atoms with Crippen molar-refractivity contribution in [2.75, 3.05) is 5.32 Å². The van der Waals surface area contributed by atoms with Crippen molar-refractivity contribution in [3.05, 3.63) is 41.6 Å². The van der Waals surface area contributed by atoms with Crippen LogP contribution in [-0.4, -0.2) is 24.6 Å². The molecule has 3 aromatic heterocycles. The molecular weight excluding hydrogens is 472 g/mol. The SMILES string of the molecule is Cn1c(=O)c2nc(Br)n(CC(=O)Nc3sc4c(c3C#N)CCCCC4)c2n(C)c1=O. The number of thiophene rings is 1. The Bertz CT molecular complexity index is 1340. The van der Waals surface area contributed by atoms with Crippen LogP contribution in [0, 0.1) is 11.3 Å². The monoisotopic (exact) mass is 490 g/mol. The second-order valence-corrected chi connectivity index (χ2v) is 9.09. The van der Waals surface area contributed by atoms with Crippen molar-refractivity contribution in [3.63, 3.8) is 0 Å². The first kappa shape index (κ1) is 20.6. The van der Waals surface area contributed by atoms with Crippen molar-refractivity contribution in [1.29, 1.82) is 5.26 Å². The van der Waals surface area contributed by atoms with Gasteiger partial charge in [-0.15, -0.1) is 11.3 Å². The number of carbonyl (C=O) groups is 1. The summed E-state index contributed by atoms with van der Waals surface area (Å²) in [7, 11) is 2.91. The molecule has 0 aromatic carbocycles. The van der Waals surface area contributed by atoms with Crippen molar-refractivity contribution in [2.24, 2.45) is 14.1 Å². The molecule has 156 valence electrons. The van der Waals surface area contributed by atoms with Gasteiger partial charge in [0.15, 0.2) is 15.9 Å². The molecule has 0 saturated carbocycles. The fourth-order valence-corrected chi connectivity index (χ4v) is 5.59. The van der Waals surface area contributed by atoms with Gasteiger partial charge < -0.3 is 5.32 Å². The lowest BCUT2D eigenvalue weighted by molar-refractivity contribution is -0.116. The average Bonchev–Trinajstić information content (AvgIpc) is 3.11. The number of nitrogens with zero attached hydrogens (tertiary/aromatic N) is 5. The minimum absolute atomic E-state index is 0.0971. The Morgan fingerprint density at radius 1 is 1.23 bits per heavy atom. The number of anilines is 1. The van der Waals surface area contributed by atoms with Gasteiger partial charge in [0, 0.05) is 19.0 Å². The molecule has 4 rings (SSSR count). The van der Waals surface area contributed by atoms with Crippen molar-refractivity contribution in [2.45, 2.75) is 38.6 Å². The van der Waals surface area contributed by atoms with Gasteiger partial charge in [-0.05, 0) is 47.2 Å². The largest absolute Gasteiger partial charge is 0.332 e. The third-order valence-electron chi connectivity index (χ3n) is 5.38. The molecule has 9 nitrogen and oxygen atoms in total. The van der Waals surface area contributed by atoms with Crippen LogP contribution in [0.5, 0.6) is 0 Å². The van der Waals surface area contributed by atoms with Crippen LogP contribution in [0.4, 0.5) is 5.00 Å². The number of amides is 1. The molecule has 0 atom stereocenters. The van der Waals surface area contributed by atoms with Crippen LogP contribution in [0.3, 0.4) is 0 Å². The lowest BCUT2D eigenvalue weighted by Crippen LogP contribution is -2.37. The number of nitriles is 1. The van der Waals surface area contributed by atoms with Crippen molar-refractivity contribution >= 4 is 49.3 Å². The molecule has 0 radical (unpaired) electrons. The average molecular weight is 491 g/mol. The van der Waals surface area contributed by atoms with E-state index in [1.54, 1.807) is 0 Å². The molecular formula is C19H19BrN6O3S. The van der Waals surface area contributed by atoms with E-state index < -0.39 is 11.2 Å². The minimum atomic E-state index is -0.526. The molecule has 1 aliphatic rings. The topological polar surface area (TPSA) is 115 Å². The van der Waals surface area contributed by atoms with Crippen LogP contribution < -0.4 is 16.6 Å². The second kappa shape index (κ2) is 7.85. The lowest BCUT2D eigenvalue weighted by atomic mass is 10.1. The summed E-state index contributed by atoms with van der Waals surface area (Å²) in [4.78, 5) is 42.9. The molecule has 0 bridgehead atoms. The van der Waals surface area contributed by atoms with Crippen LogP contribution in [0.25, 0.3) is 11.2 Å². The number of halogens is 1. The van der Waals surface area contributed by atoms with Gasteiger partial charge in [0.1, 0.15) is 17.6 Å². The highest BCUT2D eigenvalue weighted by Gasteiger charge is 2.23. The summed E-state index contributed by atoms with van der Waals surface area (Å²) < 4.78 is 4.01. The van der Waals surface area contributed by atoms with Crippen molar-refractivity contribution in [1.82, 2.24) is 18.7 Å². The fourth-order valence-electron chi connectivity index (χ4n) is 3.86. The molecule has 1 N–H and O–H groups in total. The minimum Gasteiger partial charge on any atom is -0.315 e. The zero-order valence-electron chi connectivity index (χ0n) is 16.5. The Hall–Kier alpha value is -2.71. The van der Waals surface area contributed by atoms with Gasteiger partial charge in [0.25, 0.3) is 5.56 Å². The van der Waals surface area contributed by atoms with Gasteiger partial charge in [0.05, 0.1) is 5.56 Å². The standard InChI is InChI=1S/C19H19BrN6O3S/c1-24-16-14(17(28)25(2)19(24)29)23-18(20)26(16)9-13(27)22-15-11(8-21)10-6-4-3-5-7-12(10)30-15/h3-7,9H2,1-2H3,(H,22,27). The summed E-state index contributed by atoms with van der Waals surface area (Å²) in [6.45, 7) is -0.162. The molecule has 1 amide bonds. The van der Waals surface area contributed by atoms with Crippen LogP contribution in [0.1, 0.15) is 35.3 Å². The van der Waals surface area contributed by atoms with E-state index in [-0.39, 0.29) is 28.3 Å². The van der Waals surface area contributed by atoms with Crippen molar-refractivity contribution in [3.8, 4) is 6.07 Å². The highest BCUT2D eigenvalue weighted by molar-refractivity contribution is 9.10. The number of fused-ring (bicyclic) bond motifs is 2. The van der Waals surface area contributed by atoms with E-state index in [0.29, 0.717) is 10.6 Å². The highest BCUT2D eigenvalue weighted by atomic mass is 79.9. The smallest absolute Gasteiger partial charge is 0.315 e. The Morgan fingerprint density at radius 3 is 2.70 bits per heavy atom. The van der Waals surface area contributed by atoms with Gasteiger partial charge in [0.2, 0.25) is 5.91 Å². The van der Waals surface area contributed by atoms with E-state index in [0.717, 1.165) is 42.2 Å². The molecule has 30 heavy (non-hydrogen) atoms. The molecule has 3 aromatic rings. The molecule has 11 heteroatoms. The van der Waals surface area contributed by atoms with E-state index in [1.807, 2.05) is 0 Å². The van der Waals surface area contributed by atoms with Gasteiger partial charge in [-0.1, -0.05) is 6.42 Å². The number of hydrogen-bond donors (Lipinski definition) is 1. The Labute approximate surface area is 183 Å². The maximum absolute atomic E-state index is 12.8. The van der Waals surface area contributed by atoms with Crippen LogP contribution in [0.15, 0.2) is 14.3 Å². The fraction of sp³-hybridized carbons (Fsp3) is 0.421. The Balaban J connectivity index is 1.69. The number of hydrogen-bond acceptors (Lipinski definition) is 6. The normalized spacial score (nSPS) is 13.7. The first-order valence-electron chi connectivity index (χ1n) is 9.49. The number of carbonyl (C=O) groups excluding carboxylic acids is 1. The molecule has 3 heterocycles. The summed E-state index contributed by atoms with van der Waals surface area (Å²) in [6.07, 6.45) is 5.06. The summed E-state index contributed by atoms with van der Waals surface area (Å²) in [5, 5.41) is 13.0. The van der Waals surface area contributed by atoms with Crippen molar-refractivity contribution < 1.29 is 4.79 Å². The number of imidazole rings is 1. The molecule has 0 saturated heterocycles. The first-order chi connectivity index (χ1) is 14.3. The summed E-state index contributed by atoms with van der Waals surface area (Å²) in [5.41, 5.74) is 0.918. The maximum Gasteiger partial charge on any atom is 0.332 e. The van der Waals surface area contributed by atoms with Crippen LogP contribution in [0.2, 0.25) is 0 Å². The van der Waals surface area contributed by atoms with E-state index in [1.165, 1.54) is 39.4 Å². The summed E-state index contributed by atoms with van der Waals surface area (Å²) in [5.74, 6) is -0.365. The zero-order chi connectivity index (χ0) is 21.6. The Morgan fingerprint density at radius 2 is 1.97 bits per heavy atom. The van der Waals surface area contributed by atoms with Gasteiger partial charge >= 0.3 is 5.69 Å². The number of nitrogens with one attached hydrogen (secondary N) is 1. The third-order valence-corrected chi connectivity index (χ3v) is 7.19. The molecule has 0 fully saturated rings. The molecule has 0 aliphatic heterocycles. The van der Waals surface area contributed by atoms with E-state index in [9.17, 15) is 19.6 Å². The Kier molecular flexibility index (Phi) is 5.38. The number of aryl methyl sites for hydroxylation is 2. The zero-order valence-corrected chi connectivity index (χ0v) is 18.9. The summed E-state index contributed by atoms with van der Waals surface area (Å²) in [6, 6.07) is 2.24. The van der Waals surface area contributed by atoms with Gasteiger partial charge in [-0.2, -0.15) is 5.26 Å². The van der Waals surface area contributed by atoms with E-state index in [4.69, 9.17) is 0 Å². The number of rotatable bonds is 3.